The zero-order valence-electron chi connectivity index (χ0n) is 18.2. The second-order valence-corrected chi connectivity index (χ2v) is 8.72. The molecule has 1 amide bonds. The summed E-state index contributed by atoms with van der Waals surface area (Å²) in [6, 6.07) is 8.88. The SMILES string of the molecule is COc1cc(F)c(-c2ccc(-c3n[nH]c(=O)n3CC3CCN(C(=O)C4CC4)C3)cc2)cc1F. The average Bonchev–Trinajstić information content (AvgIpc) is 3.47. The zero-order chi connectivity index (χ0) is 23.1. The number of H-pyrrole nitrogens is 1. The molecule has 2 aromatic carbocycles. The van der Waals surface area contributed by atoms with E-state index in [1.807, 2.05) is 4.90 Å². The first-order valence-corrected chi connectivity index (χ1v) is 11.0. The van der Waals surface area contributed by atoms with Gasteiger partial charge in [-0.3, -0.25) is 9.36 Å². The smallest absolute Gasteiger partial charge is 0.343 e. The third-order valence-electron chi connectivity index (χ3n) is 6.42. The number of methoxy groups -OCH3 is 1. The van der Waals surface area contributed by atoms with Gasteiger partial charge in [0.05, 0.1) is 7.11 Å². The lowest BCUT2D eigenvalue weighted by molar-refractivity contribution is -0.131. The number of aromatic amines is 1. The molecule has 5 rings (SSSR count). The molecule has 1 aliphatic heterocycles. The van der Waals surface area contributed by atoms with E-state index >= 15 is 0 Å². The number of hydrogen-bond acceptors (Lipinski definition) is 4. The first kappa shape index (κ1) is 21.4. The summed E-state index contributed by atoms with van der Waals surface area (Å²) in [4.78, 5) is 26.7. The number of halogens is 2. The van der Waals surface area contributed by atoms with Crippen molar-refractivity contribution in [2.45, 2.75) is 25.8 Å². The maximum atomic E-state index is 14.4. The molecule has 1 unspecified atom stereocenters. The Balaban J connectivity index is 1.35. The highest BCUT2D eigenvalue weighted by atomic mass is 19.1. The molecular weight excluding hydrogens is 430 g/mol. The number of ether oxygens (including phenoxy) is 1. The van der Waals surface area contributed by atoms with Crippen molar-refractivity contribution in [3.8, 4) is 28.3 Å². The molecule has 3 aromatic rings. The van der Waals surface area contributed by atoms with E-state index in [1.54, 1.807) is 28.8 Å². The van der Waals surface area contributed by atoms with Crippen molar-refractivity contribution in [3.05, 3.63) is 58.5 Å². The van der Waals surface area contributed by atoms with Crippen molar-refractivity contribution < 1.29 is 18.3 Å². The second-order valence-electron chi connectivity index (χ2n) is 8.72. The molecule has 0 bridgehead atoms. The van der Waals surface area contributed by atoms with Gasteiger partial charge in [-0.05, 0) is 36.8 Å². The summed E-state index contributed by atoms with van der Waals surface area (Å²) in [7, 11) is 1.28. The van der Waals surface area contributed by atoms with E-state index < -0.39 is 11.6 Å². The highest BCUT2D eigenvalue weighted by molar-refractivity contribution is 5.81. The Kier molecular flexibility index (Phi) is 5.47. The van der Waals surface area contributed by atoms with Crippen LogP contribution in [0.1, 0.15) is 19.3 Å². The normalized spacial score (nSPS) is 18.0. The summed E-state index contributed by atoms with van der Waals surface area (Å²) in [5.74, 6) is -0.322. The van der Waals surface area contributed by atoms with Gasteiger partial charge in [-0.25, -0.2) is 18.7 Å². The molecule has 2 aliphatic rings. The van der Waals surface area contributed by atoms with Crippen LogP contribution in [0.3, 0.4) is 0 Å². The fourth-order valence-corrected chi connectivity index (χ4v) is 4.44. The minimum atomic E-state index is -0.648. The van der Waals surface area contributed by atoms with Gasteiger partial charge in [0.25, 0.3) is 0 Å². The number of aromatic nitrogens is 3. The maximum absolute atomic E-state index is 14.4. The molecule has 1 atom stereocenters. The van der Waals surface area contributed by atoms with Crippen LogP contribution in [0.25, 0.3) is 22.5 Å². The fourth-order valence-electron chi connectivity index (χ4n) is 4.44. The quantitative estimate of drug-likeness (QED) is 0.619. The molecule has 9 heteroatoms. The van der Waals surface area contributed by atoms with Crippen LogP contribution in [0.15, 0.2) is 41.2 Å². The molecule has 2 heterocycles. The highest BCUT2D eigenvalue weighted by Gasteiger charge is 2.36. The summed E-state index contributed by atoms with van der Waals surface area (Å²) in [5.41, 5.74) is 0.970. The van der Waals surface area contributed by atoms with E-state index in [1.165, 1.54) is 7.11 Å². The largest absolute Gasteiger partial charge is 0.494 e. The third-order valence-corrected chi connectivity index (χ3v) is 6.42. The number of carbonyl (C=O) groups is 1. The van der Waals surface area contributed by atoms with Gasteiger partial charge in [0.2, 0.25) is 5.91 Å². The summed E-state index contributed by atoms with van der Waals surface area (Å²) in [6.07, 6.45) is 2.81. The predicted molar refractivity (Wildman–Crippen MR) is 118 cm³/mol. The van der Waals surface area contributed by atoms with E-state index in [2.05, 4.69) is 10.2 Å². The zero-order valence-corrected chi connectivity index (χ0v) is 18.2. The fraction of sp³-hybridized carbons (Fsp3) is 0.375. The van der Waals surface area contributed by atoms with Gasteiger partial charge in [-0.2, -0.15) is 5.10 Å². The molecule has 2 fully saturated rings. The van der Waals surface area contributed by atoms with Crippen molar-refractivity contribution >= 4 is 5.91 Å². The van der Waals surface area contributed by atoms with Crippen LogP contribution >= 0.6 is 0 Å². The first-order valence-electron chi connectivity index (χ1n) is 11.0. The van der Waals surface area contributed by atoms with E-state index in [-0.39, 0.29) is 34.7 Å². The van der Waals surface area contributed by atoms with Crippen molar-refractivity contribution in [1.29, 1.82) is 0 Å². The Morgan fingerprint density at radius 1 is 1.12 bits per heavy atom. The monoisotopic (exact) mass is 454 g/mol. The Bertz CT molecular complexity index is 1250. The van der Waals surface area contributed by atoms with E-state index in [4.69, 9.17) is 4.74 Å². The number of nitrogens with zero attached hydrogens (tertiary/aromatic N) is 3. The average molecular weight is 454 g/mol. The molecule has 1 N–H and O–H groups in total. The van der Waals surface area contributed by atoms with Crippen LogP contribution in [-0.2, 0) is 11.3 Å². The summed E-state index contributed by atoms with van der Waals surface area (Å²) < 4.78 is 34.9. The topological polar surface area (TPSA) is 80.2 Å². The Morgan fingerprint density at radius 2 is 1.85 bits per heavy atom. The molecule has 1 saturated heterocycles. The molecule has 1 aromatic heterocycles. The number of rotatable bonds is 6. The van der Waals surface area contributed by atoms with Gasteiger partial charge >= 0.3 is 5.69 Å². The lowest BCUT2D eigenvalue weighted by Crippen LogP contribution is -2.31. The molecule has 172 valence electrons. The molecule has 0 radical (unpaired) electrons. The van der Waals surface area contributed by atoms with Crippen LogP contribution in [0.2, 0.25) is 0 Å². The maximum Gasteiger partial charge on any atom is 0.343 e. The summed E-state index contributed by atoms with van der Waals surface area (Å²) in [6.45, 7) is 1.83. The standard InChI is InChI=1S/C24H24F2N4O3/c1-33-21-11-19(25)18(10-20(21)26)15-2-4-16(5-3-15)22-27-28-24(32)30(22)13-14-8-9-29(12-14)23(31)17-6-7-17/h2-5,10-11,14,17H,6-9,12-13H2,1H3,(H,28,32). The minimum Gasteiger partial charge on any atom is -0.494 e. The van der Waals surface area contributed by atoms with E-state index in [0.29, 0.717) is 30.0 Å². The number of amides is 1. The van der Waals surface area contributed by atoms with Gasteiger partial charge in [-0.15, -0.1) is 0 Å². The highest BCUT2D eigenvalue weighted by Crippen LogP contribution is 2.33. The van der Waals surface area contributed by atoms with Crippen LogP contribution in [0, 0.1) is 23.5 Å². The van der Waals surface area contributed by atoms with Crippen LogP contribution in [0.4, 0.5) is 8.78 Å². The molecular formula is C24H24F2N4O3. The van der Waals surface area contributed by atoms with E-state index in [9.17, 15) is 18.4 Å². The lowest BCUT2D eigenvalue weighted by Gasteiger charge is -2.16. The Hall–Kier alpha value is -3.49. The lowest BCUT2D eigenvalue weighted by atomic mass is 10.0. The molecule has 7 nitrogen and oxygen atoms in total. The van der Waals surface area contributed by atoms with Gasteiger partial charge in [0, 0.05) is 42.7 Å². The molecule has 33 heavy (non-hydrogen) atoms. The van der Waals surface area contributed by atoms with E-state index in [0.717, 1.165) is 37.9 Å². The predicted octanol–water partition coefficient (Wildman–Crippen LogP) is 3.45. The number of carbonyl (C=O) groups excluding carboxylic acids is 1. The molecule has 1 saturated carbocycles. The minimum absolute atomic E-state index is 0.116. The first-order chi connectivity index (χ1) is 15.9. The number of benzene rings is 2. The van der Waals surface area contributed by atoms with Crippen molar-refractivity contribution in [3.63, 3.8) is 0 Å². The molecule has 0 spiro atoms. The summed E-state index contributed by atoms with van der Waals surface area (Å²) >= 11 is 0. The van der Waals surface area contributed by atoms with Crippen molar-refractivity contribution in [2.24, 2.45) is 11.8 Å². The van der Waals surface area contributed by atoms with Gasteiger partial charge < -0.3 is 9.64 Å². The third kappa shape index (κ3) is 4.15. The Labute approximate surface area is 189 Å². The van der Waals surface area contributed by atoms with Gasteiger partial charge in [-0.1, -0.05) is 24.3 Å². The van der Waals surface area contributed by atoms with Gasteiger partial charge in [0.1, 0.15) is 5.82 Å². The van der Waals surface area contributed by atoms with Crippen LogP contribution in [-0.4, -0.2) is 45.8 Å². The number of likely N-dealkylation sites (tertiary alicyclic amines) is 1. The van der Waals surface area contributed by atoms with Crippen molar-refractivity contribution in [1.82, 2.24) is 19.7 Å². The van der Waals surface area contributed by atoms with Crippen molar-refractivity contribution in [2.75, 3.05) is 20.2 Å². The molecule has 1 aliphatic carbocycles. The second kappa shape index (κ2) is 8.46. The van der Waals surface area contributed by atoms with Crippen LogP contribution < -0.4 is 10.4 Å². The van der Waals surface area contributed by atoms with Crippen LogP contribution in [0.5, 0.6) is 5.75 Å². The number of nitrogens with one attached hydrogen (secondary N) is 1. The Morgan fingerprint density at radius 3 is 2.55 bits per heavy atom. The number of hydrogen-bond donors (Lipinski definition) is 1. The van der Waals surface area contributed by atoms with Gasteiger partial charge in [0.15, 0.2) is 17.4 Å². The summed E-state index contributed by atoms with van der Waals surface area (Å²) in [5, 5.41) is 6.67.